The van der Waals surface area contributed by atoms with Crippen LogP contribution in [0.15, 0.2) is 6.33 Å². The minimum Gasteiger partial charge on any atom is -0.391 e. The molecule has 2 heterocycles. The summed E-state index contributed by atoms with van der Waals surface area (Å²) in [6.45, 7) is 1.69. The molecule has 1 aromatic heterocycles. The minimum absolute atomic E-state index is 0.00803. The first-order chi connectivity index (χ1) is 8.18. The fraction of sp³-hybridized carbons (Fsp3) is 0.600. The highest BCUT2D eigenvalue weighted by molar-refractivity contribution is 5.34. The summed E-state index contributed by atoms with van der Waals surface area (Å²) in [6, 6.07) is 0. The molecule has 2 rings (SSSR count). The number of halogens is 2. The van der Waals surface area contributed by atoms with Gasteiger partial charge in [-0.1, -0.05) is 0 Å². The number of β-amino-alcohol motifs (C(OH)–C–C–N with tert-alkyl or cyclic N) is 1. The molecule has 0 radical (unpaired) electrons. The van der Waals surface area contributed by atoms with Crippen molar-refractivity contribution in [3.8, 4) is 0 Å². The van der Waals surface area contributed by atoms with Gasteiger partial charge in [-0.25, -0.2) is 9.97 Å². The Bertz CT molecular complexity index is 391. The SMILES string of the molecule is O[C@H]1CNCC[C@@H]1CNc1ncnc(F)c1F. The van der Waals surface area contributed by atoms with Crippen molar-refractivity contribution in [1.82, 2.24) is 15.3 Å². The second-order valence-electron chi connectivity index (χ2n) is 4.03. The molecular formula is C10H14F2N4O. The Morgan fingerprint density at radius 3 is 3.06 bits per heavy atom. The maximum absolute atomic E-state index is 13.2. The van der Waals surface area contributed by atoms with Gasteiger partial charge in [0, 0.05) is 19.0 Å². The number of anilines is 1. The van der Waals surface area contributed by atoms with E-state index in [1.807, 2.05) is 0 Å². The van der Waals surface area contributed by atoms with Gasteiger partial charge in [0.25, 0.3) is 5.95 Å². The van der Waals surface area contributed by atoms with E-state index in [-0.39, 0.29) is 11.7 Å². The molecule has 0 aliphatic carbocycles. The number of nitrogens with one attached hydrogen (secondary N) is 2. The van der Waals surface area contributed by atoms with Gasteiger partial charge in [0.15, 0.2) is 5.82 Å². The smallest absolute Gasteiger partial charge is 0.254 e. The van der Waals surface area contributed by atoms with E-state index >= 15 is 0 Å². The predicted molar refractivity (Wildman–Crippen MR) is 57.4 cm³/mol. The van der Waals surface area contributed by atoms with Gasteiger partial charge < -0.3 is 15.7 Å². The standard InChI is InChI=1S/C10H14F2N4O/c11-8-9(12)15-5-16-10(8)14-3-6-1-2-13-4-7(6)17/h5-7,13,17H,1-4H2,(H,14,15,16)/t6-,7+/m1/s1. The van der Waals surface area contributed by atoms with Crippen LogP contribution in [0.2, 0.25) is 0 Å². The molecule has 0 spiro atoms. The lowest BCUT2D eigenvalue weighted by Gasteiger charge is -2.28. The largest absolute Gasteiger partial charge is 0.391 e. The number of nitrogens with zero attached hydrogens (tertiary/aromatic N) is 2. The third kappa shape index (κ3) is 2.86. The molecule has 0 saturated carbocycles. The van der Waals surface area contributed by atoms with Crippen LogP contribution < -0.4 is 10.6 Å². The summed E-state index contributed by atoms with van der Waals surface area (Å²) in [5.74, 6) is -2.42. The molecule has 94 valence electrons. The fourth-order valence-corrected chi connectivity index (χ4v) is 1.83. The molecule has 7 heteroatoms. The average Bonchev–Trinajstić information content (AvgIpc) is 2.33. The van der Waals surface area contributed by atoms with Gasteiger partial charge in [0.1, 0.15) is 6.33 Å². The summed E-state index contributed by atoms with van der Waals surface area (Å²) in [7, 11) is 0. The van der Waals surface area contributed by atoms with Crippen molar-refractivity contribution in [2.45, 2.75) is 12.5 Å². The fourth-order valence-electron chi connectivity index (χ4n) is 1.83. The van der Waals surface area contributed by atoms with Crippen molar-refractivity contribution in [2.24, 2.45) is 5.92 Å². The van der Waals surface area contributed by atoms with Crippen LogP contribution in [0.1, 0.15) is 6.42 Å². The average molecular weight is 244 g/mol. The Balaban J connectivity index is 1.95. The summed E-state index contributed by atoms with van der Waals surface area (Å²) in [6.07, 6.45) is 1.26. The van der Waals surface area contributed by atoms with Crippen molar-refractivity contribution in [3.63, 3.8) is 0 Å². The number of rotatable bonds is 3. The highest BCUT2D eigenvalue weighted by atomic mass is 19.2. The van der Waals surface area contributed by atoms with Gasteiger partial charge >= 0.3 is 0 Å². The number of aromatic nitrogens is 2. The summed E-state index contributed by atoms with van der Waals surface area (Å²) < 4.78 is 26.0. The van der Waals surface area contributed by atoms with E-state index in [0.29, 0.717) is 13.1 Å². The second-order valence-corrected chi connectivity index (χ2v) is 4.03. The highest BCUT2D eigenvalue weighted by Crippen LogP contribution is 2.16. The third-order valence-corrected chi connectivity index (χ3v) is 2.87. The molecule has 17 heavy (non-hydrogen) atoms. The molecule has 5 nitrogen and oxygen atoms in total. The molecule has 1 saturated heterocycles. The van der Waals surface area contributed by atoms with Crippen LogP contribution in [0.25, 0.3) is 0 Å². The Kier molecular flexibility index (Phi) is 3.80. The summed E-state index contributed by atoms with van der Waals surface area (Å²) in [5, 5.41) is 15.4. The molecule has 1 aliphatic heterocycles. The van der Waals surface area contributed by atoms with Crippen LogP contribution in [0.3, 0.4) is 0 Å². The maximum Gasteiger partial charge on any atom is 0.254 e. The molecule has 1 aliphatic rings. The normalized spacial score (nSPS) is 24.6. The Morgan fingerprint density at radius 1 is 1.47 bits per heavy atom. The Hall–Kier alpha value is -1.34. The zero-order valence-electron chi connectivity index (χ0n) is 9.16. The van der Waals surface area contributed by atoms with E-state index < -0.39 is 17.9 Å². The molecule has 0 bridgehead atoms. The summed E-state index contributed by atoms with van der Waals surface area (Å²) in [5.41, 5.74) is 0. The van der Waals surface area contributed by atoms with E-state index in [0.717, 1.165) is 19.3 Å². The molecule has 0 amide bonds. The summed E-state index contributed by atoms with van der Waals surface area (Å²) >= 11 is 0. The van der Waals surface area contributed by atoms with E-state index in [4.69, 9.17) is 0 Å². The summed E-state index contributed by atoms with van der Waals surface area (Å²) in [4.78, 5) is 6.71. The molecule has 0 unspecified atom stereocenters. The van der Waals surface area contributed by atoms with Crippen molar-refractivity contribution >= 4 is 5.82 Å². The van der Waals surface area contributed by atoms with Gasteiger partial charge in [0.05, 0.1) is 6.10 Å². The van der Waals surface area contributed by atoms with Gasteiger partial charge in [0.2, 0.25) is 5.82 Å². The van der Waals surface area contributed by atoms with Crippen LogP contribution in [-0.4, -0.2) is 40.8 Å². The number of aliphatic hydroxyl groups is 1. The third-order valence-electron chi connectivity index (χ3n) is 2.87. The van der Waals surface area contributed by atoms with Gasteiger partial charge in [-0.15, -0.1) is 0 Å². The monoisotopic (exact) mass is 244 g/mol. The van der Waals surface area contributed by atoms with Crippen molar-refractivity contribution < 1.29 is 13.9 Å². The van der Waals surface area contributed by atoms with E-state index in [1.165, 1.54) is 0 Å². The number of piperidine rings is 1. The zero-order chi connectivity index (χ0) is 12.3. The van der Waals surface area contributed by atoms with Crippen molar-refractivity contribution in [2.75, 3.05) is 25.0 Å². The van der Waals surface area contributed by atoms with Crippen LogP contribution in [0.4, 0.5) is 14.6 Å². The van der Waals surface area contributed by atoms with E-state index in [9.17, 15) is 13.9 Å². The Morgan fingerprint density at radius 2 is 2.29 bits per heavy atom. The first-order valence-electron chi connectivity index (χ1n) is 5.47. The predicted octanol–water partition coefficient (Wildman–Crippen LogP) is 0.137. The topological polar surface area (TPSA) is 70.1 Å². The van der Waals surface area contributed by atoms with E-state index in [1.54, 1.807) is 0 Å². The van der Waals surface area contributed by atoms with Gasteiger partial charge in [-0.3, -0.25) is 0 Å². The van der Waals surface area contributed by atoms with Crippen LogP contribution >= 0.6 is 0 Å². The lowest BCUT2D eigenvalue weighted by Crippen LogP contribution is -2.43. The molecular weight excluding hydrogens is 230 g/mol. The quantitative estimate of drug-likeness (QED) is 0.660. The Labute approximate surface area is 97.3 Å². The number of aliphatic hydroxyl groups excluding tert-OH is 1. The molecule has 1 aromatic rings. The van der Waals surface area contributed by atoms with Crippen LogP contribution in [0.5, 0.6) is 0 Å². The second kappa shape index (κ2) is 5.33. The van der Waals surface area contributed by atoms with Gasteiger partial charge in [-0.2, -0.15) is 8.78 Å². The molecule has 2 atom stereocenters. The zero-order valence-corrected chi connectivity index (χ0v) is 9.16. The number of hydrogen-bond donors (Lipinski definition) is 3. The van der Waals surface area contributed by atoms with Crippen LogP contribution in [-0.2, 0) is 0 Å². The van der Waals surface area contributed by atoms with E-state index in [2.05, 4.69) is 20.6 Å². The van der Waals surface area contributed by atoms with Crippen molar-refractivity contribution in [3.05, 3.63) is 18.1 Å². The first kappa shape index (κ1) is 12.1. The van der Waals surface area contributed by atoms with Gasteiger partial charge in [-0.05, 0) is 13.0 Å². The molecule has 1 fully saturated rings. The highest BCUT2D eigenvalue weighted by Gasteiger charge is 2.23. The minimum atomic E-state index is -1.17. The molecule has 3 N–H and O–H groups in total. The number of hydrogen-bond acceptors (Lipinski definition) is 5. The lowest BCUT2D eigenvalue weighted by molar-refractivity contribution is 0.0883. The molecule has 0 aromatic carbocycles. The first-order valence-corrected chi connectivity index (χ1v) is 5.47. The maximum atomic E-state index is 13.2. The lowest BCUT2D eigenvalue weighted by atomic mass is 9.95. The van der Waals surface area contributed by atoms with Crippen LogP contribution in [0, 0.1) is 17.7 Å². The van der Waals surface area contributed by atoms with Crippen molar-refractivity contribution in [1.29, 1.82) is 0 Å².